The maximum absolute atomic E-state index is 12.0. The van der Waals surface area contributed by atoms with E-state index in [-0.39, 0.29) is 5.56 Å². The Kier molecular flexibility index (Phi) is 4.75. The molecule has 110 valence electrons. The third-order valence-electron chi connectivity index (χ3n) is 2.95. The first-order valence-corrected chi connectivity index (χ1v) is 7.00. The Balaban J connectivity index is 2.67. The van der Waals surface area contributed by atoms with Crippen molar-refractivity contribution in [1.82, 2.24) is 9.78 Å². The number of ether oxygens (including phenoxy) is 1. The zero-order valence-corrected chi connectivity index (χ0v) is 12.6. The van der Waals surface area contributed by atoms with Crippen LogP contribution < -0.4 is 10.3 Å². The largest absolute Gasteiger partial charge is 0.493 e. The molecule has 0 aliphatic heterocycles. The fraction of sp³-hybridized carbons (Fsp3) is 0.267. The Morgan fingerprint density at radius 1 is 1.33 bits per heavy atom. The molecule has 0 aliphatic rings. The van der Waals surface area contributed by atoms with E-state index in [1.54, 1.807) is 6.92 Å². The maximum atomic E-state index is 12.0. The molecule has 0 N–H and O–H groups in total. The molecule has 0 spiro atoms. The van der Waals surface area contributed by atoms with Crippen molar-refractivity contribution in [2.45, 2.75) is 20.4 Å². The molecule has 1 aromatic carbocycles. The van der Waals surface area contributed by atoms with Crippen LogP contribution in [0.1, 0.15) is 24.2 Å². The van der Waals surface area contributed by atoms with E-state index in [9.17, 15) is 9.59 Å². The molecule has 2 aromatic rings. The SMILES string of the molecule is CCOc1ccccc1-c1cc(C(=O)Cl)c(=O)n(CC)n1. The first-order valence-electron chi connectivity index (χ1n) is 6.62. The van der Waals surface area contributed by atoms with Gasteiger partial charge in [-0.3, -0.25) is 9.59 Å². The van der Waals surface area contributed by atoms with E-state index in [0.717, 1.165) is 0 Å². The van der Waals surface area contributed by atoms with Gasteiger partial charge in [0.05, 0.1) is 12.3 Å². The molecule has 0 atom stereocenters. The van der Waals surface area contributed by atoms with Gasteiger partial charge in [0.25, 0.3) is 10.8 Å². The molecule has 0 fully saturated rings. The van der Waals surface area contributed by atoms with Crippen LogP contribution in [0.4, 0.5) is 0 Å². The highest BCUT2D eigenvalue weighted by Gasteiger charge is 2.16. The molecule has 0 bridgehead atoms. The Morgan fingerprint density at radius 2 is 2.05 bits per heavy atom. The van der Waals surface area contributed by atoms with Gasteiger partial charge >= 0.3 is 0 Å². The third kappa shape index (κ3) is 3.13. The lowest BCUT2D eigenvalue weighted by atomic mass is 10.1. The summed E-state index contributed by atoms with van der Waals surface area (Å²) in [4.78, 5) is 23.4. The Bertz CT molecular complexity index is 725. The fourth-order valence-electron chi connectivity index (χ4n) is 1.99. The van der Waals surface area contributed by atoms with Crippen molar-refractivity contribution in [3.8, 4) is 17.0 Å². The topological polar surface area (TPSA) is 61.2 Å². The van der Waals surface area contributed by atoms with Crippen molar-refractivity contribution in [1.29, 1.82) is 0 Å². The van der Waals surface area contributed by atoms with E-state index in [4.69, 9.17) is 16.3 Å². The molecular weight excluding hydrogens is 292 g/mol. The standard InChI is InChI=1S/C15H15ClN2O3/c1-3-18-15(20)11(14(16)19)9-12(17-18)10-7-5-6-8-13(10)21-4-2/h5-9H,3-4H2,1-2H3. The van der Waals surface area contributed by atoms with E-state index in [1.807, 2.05) is 31.2 Å². The van der Waals surface area contributed by atoms with Crippen molar-refractivity contribution < 1.29 is 9.53 Å². The molecule has 6 heteroatoms. The number of hydrogen-bond acceptors (Lipinski definition) is 4. The van der Waals surface area contributed by atoms with Gasteiger partial charge in [0.1, 0.15) is 11.3 Å². The fourth-order valence-corrected chi connectivity index (χ4v) is 2.12. The average Bonchev–Trinajstić information content (AvgIpc) is 2.48. The van der Waals surface area contributed by atoms with Crippen molar-refractivity contribution in [2.75, 3.05) is 6.61 Å². The third-order valence-corrected chi connectivity index (χ3v) is 3.15. The lowest BCUT2D eigenvalue weighted by Gasteiger charge is -2.11. The van der Waals surface area contributed by atoms with Gasteiger partial charge < -0.3 is 4.74 Å². The number of carbonyl (C=O) groups is 1. The monoisotopic (exact) mass is 306 g/mol. The second-order valence-corrected chi connectivity index (χ2v) is 4.61. The number of benzene rings is 1. The van der Waals surface area contributed by atoms with Gasteiger partial charge in [-0.15, -0.1) is 0 Å². The first-order chi connectivity index (χ1) is 10.1. The van der Waals surface area contributed by atoms with Crippen LogP contribution in [0.3, 0.4) is 0 Å². The predicted octanol–water partition coefficient (Wildman–Crippen LogP) is 2.71. The molecule has 0 amide bonds. The second kappa shape index (κ2) is 6.54. The molecule has 0 aliphatic carbocycles. The normalized spacial score (nSPS) is 10.4. The number of rotatable bonds is 5. The molecule has 1 aromatic heterocycles. The van der Waals surface area contributed by atoms with Crippen LogP contribution in [0, 0.1) is 0 Å². The molecule has 1 heterocycles. The number of carbonyl (C=O) groups excluding carboxylic acids is 1. The van der Waals surface area contributed by atoms with Crippen molar-refractivity contribution in [3.05, 3.63) is 46.2 Å². The van der Waals surface area contributed by atoms with Crippen LogP contribution in [0.2, 0.25) is 0 Å². The minimum atomic E-state index is -0.792. The molecular formula is C15H15ClN2O3. The van der Waals surface area contributed by atoms with Gasteiger partial charge in [-0.05, 0) is 43.6 Å². The Morgan fingerprint density at radius 3 is 2.67 bits per heavy atom. The number of halogens is 1. The maximum Gasteiger partial charge on any atom is 0.278 e. The van der Waals surface area contributed by atoms with Crippen LogP contribution >= 0.6 is 11.6 Å². The van der Waals surface area contributed by atoms with E-state index in [0.29, 0.717) is 30.2 Å². The lowest BCUT2D eigenvalue weighted by molar-refractivity contribution is 0.107. The smallest absolute Gasteiger partial charge is 0.278 e. The predicted molar refractivity (Wildman–Crippen MR) is 81.0 cm³/mol. The van der Waals surface area contributed by atoms with Crippen LogP contribution in [0.25, 0.3) is 11.3 Å². The van der Waals surface area contributed by atoms with Crippen molar-refractivity contribution >= 4 is 16.8 Å². The quantitative estimate of drug-likeness (QED) is 0.797. The van der Waals surface area contributed by atoms with Crippen LogP contribution in [-0.4, -0.2) is 21.6 Å². The van der Waals surface area contributed by atoms with Gasteiger partial charge in [-0.25, -0.2) is 4.68 Å². The summed E-state index contributed by atoms with van der Waals surface area (Å²) < 4.78 is 6.77. The number of nitrogens with zero attached hydrogens (tertiary/aromatic N) is 2. The second-order valence-electron chi connectivity index (χ2n) is 4.27. The average molecular weight is 307 g/mol. The Hall–Kier alpha value is -2.14. The number of aromatic nitrogens is 2. The van der Waals surface area contributed by atoms with Gasteiger partial charge in [0.2, 0.25) is 0 Å². The van der Waals surface area contributed by atoms with E-state index >= 15 is 0 Å². The van der Waals surface area contributed by atoms with Crippen molar-refractivity contribution in [2.24, 2.45) is 0 Å². The van der Waals surface area contributed by atoms with E-state index in [1.165, 1.54) is 10.7 Å². The van der Waals surface area contributed by atoms with E-state index in [2.05, 4.69) is 5.10 Å². The van der Waals surface area contributed by atoms with Crippen LogP contribution in [0.15, 0.2) is 35.1 Å². The lowest BCUT2D eigenvalue weighted by Crippen LogP contribution is -2.27. The number of aryl methyl sites for hydroxylation is 1. The molecule has 0 saturated heterocycles. The molecule has 21 heavy (non-hydrogen) atoms. The van der Waals surface area contributed by atoms with Crippen LogP contribution in [-0.2, 0) is 6.54 Å². The molecule has 0 radical (unpaired) electrons. The Labute approximate surface area is 127 Å². The summed E-state index contributed by atoms with van der Waals surface area (Å²) in [7, 11) is 0. The molecule has 2 rings (SSSR count). The molecule has 0 unspecified atom stereocenters. The van der Waals surface area contributed by atoms with Crippen LogP contribution in [0.5, 0.6) is 5.75 Å². The minimum Gasteiger partial charge on any atom is -0.493 e. The summed E-state index contributed by atoms with van der Waals surface area (Å²) in [5, 5.41) is 3.47. The van der Waals surface area contributed by atoms with Gasteiger partial charge in [-0.1, -0.05) is 12.1 Å². The highest BCUT2D eigenvalue weighted by Crippen LogP contribution is 2.28. The number of hydrogen-bond donors (Lipinski definition) is 0. The van der Waals surface area contributed by atoms with Gasteiger partial charge in [0, 0.05) is 12.1 Å². The zero-order chi connectivity index (χ0) is 15.4. The highest BCUT2D eigenvalue weighted by atomic mass is 35.5. The first kappa shape index (κ1) is 15.3. The summed E-state index contributed by atoms with van der Waals surface area (Å²) in [6.07, 6.45) is 0. The molecule has 5 nitrogen and oxygen atoms in total. The summed E-state index contributed by atoms with van der Waals surface area (Å²) >= 11 is 5.49. The zero-order valence-electron chi connectivity index (χ0n) is 11.8. The molecule has 0 saturated carbocycles. The van der Waals surface area contributed by atoms with Crippen molar-refractivity contribution in [3.63, 3.8) is 0 Å². The van der Waals surface area contributed by atoms with Gasteiger partial charge in [-0.2, -0.15) is 5.10 Å². The highest BCUT2D eigenvalue weighted by molar-refractivity contribution is 6.67. The summed E-state index contributed by atoms with van der Waals surface area (Å²) in [6.45, 7) is 4.51. The summed E-state index contributed by atoms with van der Waals surface area (Å²) in [5.41, 5.74) is 0.607. The van der Waals surface area contributed by atoms with E-state index < -0.39 is 10.8 Å². The summed E-state index contributed by atoms with van der Waals surface area (Å²) in [5.74, 6) is 0.641. The minimum absolute atomic E-state index is 0.0881. The number of para-hydroxylation sites is 1. The van der Waals surface area contributed by atoms with Gasteiger partial charge in [0.15, 0.2) is 0 Å². The summed E-state index contributed by atoms with van der Waals surface area (Å²) in [6, 6.07) is 8.72.